The Balaban J connectivity index is 1.28. The average molecular weight is 462 g/mol. The fourth-order valence-corrected chi connectivity index (χ4v) is 5.66. The number of ether oxygens (including phenoxy) is 1. The Hall–Kier alpha value is -3.17. The summed E-state index contributed by atoms with van der Waals surface area (Å²) in [5.74, 6) is 0.880. The molecule has 0 radical (unpaired) electrons. The Morgan fingerprint density at radius 2 is 1.97 bits per heavy atom. The van der Waals surface area contributed by atoms with Crippen molar-refractivity contribution in [1.29, 1.82) is 0 Å². The van der Waals surface area contributed by atoms with Crippen LogP contribution < -0.4 is 11.0 Å². The van der Waals surface area contributed by atoms with Crippen molar-refractivity contribution in [2.75, 3.05) is 31.6 Å². The molecular weight excluding hydrogens is 430 g/mol. The van der Waals surface area contributed by atoms with E-state index in [9.17, 15) is 4.79 Å². The molecule has 9 heteroatoms. The van der Waals surface area contributed by atoms with E-state index in [2.05, 4.69) is 42.3 Å². The molecule has 178 valence electrons. The number of aromatic amines is 2. The maximum atomic E-state index is 12.1. The molecule has 1 aliphatic carbocycles. The highest BCUT2D eigenvalue weighted by Crippen LogP contribution is 2.34. The fraction of sp³-hybridized carbons (Fsp3) is 0.480. The van der Waals surface area contributed by atoms with Gasteiger partial charge in [0.05, 0.1) is 24.3 Å². The summed E-state index contributed by atoms with van der Waals surface area (Å²) in [4.78, 5) is 30.1. The van der Waals surface area contributed by atoms with Crippen LogP contribution in [-0.4, -0.2) is 67.8 Å². The molecule has 4 aromatic rings. The molecule has 1 saturated heterocycles. The van der Waals surface area contributed by atoms with E-state index in [1.54, 1.807) is 17.1 Å². The van der Waals surface area contributed by atoms with Crippen LogP contribution >= 0.6 is 0 Å². The SMILES string of the molecule is CCn1c(-c2ccc3[nH]c4ncnc(N[C@H]5CC[C@H](N6CCOCC6)CC5)c4c3c2)c[nH]c1=O. The lowest BCUT2D eigenvalue weighted by atomic mass is 9.90. The van der Waals surface area contributed by atoms with E-state index in [-0.39, 0.29) is 5.69 Å². The van der Waals surface area contributed by atoms with Gasteiger partial charge in [-0.25, -0.2) is 14.8 Å². The molecule has 1 aromatic carbocycles. The first-order chi connectivity index (χ1) is 16.7. The third kappa shape index (κ3) is 3.78. The number of aromatic nitrogens is 5. The molecule has 0 bridgehead atoms. The van der Waals surface area contributed by atoms with Crippen LogP contribution in [0.15, 0.2) is 35.5 Å². The largest absolute Gasteiger partial charge is 0.379 e. The minimum Gasteiger partial charge on any atom is -0.379 e. The molecule has 6 rings (SSSR count). The molecule has 3 aromatic heterocycles. The maximum absolute atomic E-state index is 12.1. The van der Waals surface area contributed by atoms with Crippen molar-refractivity contribution in [2.45, 2.75) is 51.2 Å². The molecule has 2 aliphatic rings. The monoisotopic (exact) mass is 461 g/mol. The lowest BCUT2D eigenvalue weighted by Gasteiger charge is -2.39. The number of morpholine rings is 1. The van der Waals surface area contributed by atoms with Gasteiger partial charge in [0.2, 0.25) is 0 Å². The zero-order chi connectivity index (χ0) is 23.1. The zero-order valence-corrected chi connectivity index (χ0v) is 19.5. The molecule has 1 saturated carbocycles. The summed E-state index contributed by atoms with van der Waals surface area (Å²) in [5.41, 5.74) is 3.63. The zero-order valence-electron chi connectivity index (χ0n) is 19.5. The lowest BCUT2D eigenvalue weighted by Crippen LogP contribution is -2.46. The minimum absolute atomic E-state index is 0.0881. The van der Waals surface area contributed by atoms with E-state index in [0.29, 0.717) is 18.6 Å². The molecule has 0 atom stereocenters. The van der Waals surface area contributed by atoms with Crippen molar-refractivity contribution in [2.24, 2.45) is 0 Å². The van der Waals surface area contributed by atoms with E-state index in [0.717, 1.165) is 78.2 Å². The summed E-state index contributed by atoms with van der Waals surface area (Å²) >= 11 is 0. The predicted octanol–water partition coefficient (Wildman–Crippen LogP) is 3.34. The van der Waals surface area contributed by atoms with Crippen LogP contribution in [0.4, 0.5) is 5.82 Å². The number of rotatable bonds is 5. The molecular formula is C25H31N7O2. The Kier molecular flexibility index (Phi) is 5.58. The fourth-order valence-electron chi connectivity index (χ4n) is 5.66. The molecule has 1 aliphatic heterocycles. The van der Waals surface area contributed by atoms with Gasteiger partial charge < -0.3 is 20.0 Å². The van der Waals surface area contributed by atoms with Crippen molar-refractivity contribution >= 4 is 27.8 Å². The topological polar surface area (TPSA) is 104 Å². The predicted molar refractivity (Wildman–Crippen MR) is 133 cm³/mol. The van der Waals surface area contributed by atoms with Gasteiger partial charge >= 0.3 is 5.69 Å². The van der Waals surface area contributed by atoms with Gasteiger partial charge in [-0.15, -0.1) is 0 Å². The van der Waals surface area contributed by atoms with Gasteiger partial charge in [0, 0.05) is 54.4 Å². The molecule has 0 amide bonds. The Bertz CT molecular complexity index is 1360. The highest BCUT2D eigenvalue weighted by atomic mass is 16.5. The van der Waals surface area contributed by atoms with Crippen molar-refractivity contribution < 1.29 is 4.74 Å². The number of hydrogen-bond acceptors (Lipinski definition) is 6. The van der Waals surface area contributed by atoms with Crippen molar-refractivity contribution in [3.63, 3.8) is 0 Å². The van der Waals surface area contributed by atoms with Crippen molar-refractivity contribution in [3.8, 4) is 11.3 Å². The van der Waals surface area contributed by atoms with Gasteiger partial charge in [-0.3, -0.25) is 9.47 Å². The summed E-state index contributed by atoms with van der Waals surface area (Å²) in [7, 11) is 0. The molecule has 2 fully saturated rings. The molecule has 0 spiro atoms. The van der Waals surface area contributed by atoms with E-state index in [1.165, 1.54) is 12.8 Å². The first kappa shape index (κ1) is 21.4. The van der Waals surface area contributed by atoms with Crippen LogP contribution in [-0.2, 0) is 11.3 Å². The minimum atomic E-state index is -0.0881. The lowest BCUT2D eigenvalue weighted by molar-refractivity contribution is 0.00791. The van der Waals surface area contributed by atoms with Crippen LogP contribution in [0.2, 0.25) is 0 Å². The van der Waals surface area contributed by atoms with E-state index in [4.69, 9.17) is 4.74 Å². The molecule has 34 heavy (non-hydrogen) atoms. The number of anilines is 1. The second kappa shape index (κ2) is 8.88. The molecule has 3 N–H and O–H groups in total. The van der Waals surface area contributed by atoms with E-state index in [1.807, 2.05) is 13.0 Å². The second-order valence-electron chi connectivity index (χ2n) is 9.35. The summed E-state index contributed by atoms with van der Waals surface area (Å²) < 4.78 is 7.27. The normalized spacial score (nSPS) is 21.9. The number of benzene rings is 1. The van der Waals surface area contributed by atoms with Crippen LogP contribution in [0, 0.1) is 0 Å². The summed E-state index contributed by atoms with van der Waals surface area (Å²) in [6, 6.07) is 7.30. The highest BCUT2D eigenvalue weighted by molar-refractivity contribution is 6.12. The summed E-state index contributed by atoms with van der Waals surface area (Å²) in [6.07, 6.45) is 8.07. The Morgan fingerprint density at radius 1 is 1.15 bits per heavy atom. The van der Waals surface area contributed by atoms with Crippen LogP contribution in [0.1, 0.15) is 32.6 Å². The number of nitrogens with one attached hydrogen (secondary N) is 3. The van der Waals surface area contributed by atoms with Crippen LogP contribution in [0.25, 0.3) is 33.2 Å². The third-order valence-corrected chi connectivity index (χ3v) is 7.47. The molecule has 9 nitrogen and oxygen atoms in total. The van der Waals surface area contributed by atoms with E-state index >= 15 is 0 Å². The number of hydrogen-bond donors (Lipinski definition) is 3. The number of H-pyrrole nitrogens is 2. The standard InChI is InChI=1S/C25H31N7O2/c1-2-32-21(14-26-25(32)33)16-3-8-20-19(13-16)22-23(27-15-28-24(22)30-20)29-17-4-6-18(7-5-17)31-9-11-34-12-10-31/h3,8,13-15,17-18H,2,4-7,9-12H2,1H3,(H,26,33)(H2,27,28,29,30)/t17-,18-. The average Bonchev–Trinajstić information content (AvgIpc) is 3.45. The number of fused-ring (bicyclic) bond motifs is 3. The van der Waals surface area contributed by atoms with Gasteiger partial charge in [-0.1, -0.05) is 6.07 Å². The summed E-state index contributed by atoms with van der Waals surface area (Å²) in [5, 5.41) is 5.81. The maximum Gasteiger partial charge on any atom is 0.325 e. The van der Waals surface area contributed by atoms with Gasteiger partial charge in [-0.05, 0) is 44.7 Å². The first-order valence-electron chi connectivity index (χ1n) is 12.3. The smallest absolute Gasteiger partial charge is 0.325 e. The van der Waals surface area contributed by atoms with Gasteiger partial charge in [0.1, 0.15) is 17.8 Å². The van der Waals surface area contributed by atoms with Crippen LogP contribution in [0.3, 0.4) is 0 Å². The molecule has 0 unspecified atom stereocenters. The molecule has 4 heterocycles. The number of nitrogens with zero attached hydrogens (tertiary/aromatic N) is 4. The second-order valence-corrected chi connectivity index (χ2v) is 9.35. The third-order valence-electron chi connectivity index (χ3n) is 7.47. The van der Waals surface area contributed by atoms with Gasteiger partial charge in [0.15, 0.2) is 0 Å². The Labute approximate surface area is 197 Å². The summed E-state index contributed by atoms with van der Waals surface area (Å²) in [6.45, 7) is 6.42. The number of imidazole rings is 1. The van der Waals surface area contributed by atoms with Gasteiger partial charge in [0.25, 0.3) is 0 Å². The van der Waals surface area contributed by atoms with Crippen LogP contribution in [0.5, 0.6) is 0 Å². The van der Waals surface area contributed by atoms with Crippen molar-refractivity contribution in [1.82, 2.24) is 29.4 Å². The first-order valence-corrected chi connectivity index (χ1v) is 12.3. The van der Waals surface area contributed by atoms with E-state index < -0.39 is 0 Å². The van der Waals surface area contributed by atoms with Crippen molar-refractivity contribution in [3.05, 3.63) is 41.2 Å². The van der Waals surface area contributed by atoms with Gasteiger partial charge in [-0.2, -0.15) is 0 Å². The highest BCUT2D eigenvalue weighted by Gasteiger charge is 2.27. The Morgan fingerprint density at radius 3 is 2.76 bits per heavy atom. The quantitative estimate of drug-likeness (QED) is 0.421.